The van der Waals surface area contributed by atoms with E-state index in [-0.39, 0.29) is 65.4 Å². The van der Waals surface area contributed by atoms with Crippen molar-refractivity contribution in [2.75, 3.05) is 20.2 Å². The van der Waals surface area contributed by atoms with Gasteiger partial charge in [-0.15, -0.1) is 6.42 Å². The van der Waals surface area contributed by atoms with Gasteiger partial charge in [-0.25, -0.2) is 0 Å². The molecule has 11 nitrogen and oxygen atoms in total. The number of hydrogen-bond donors (Lipinski definition) is 2. The van der Waals surface area contributed by atoms with Crippen molar-refractivity contribution < 1.29 is 33.6 Å². The first-order valence-corrected chi connectivity index (χ1v) is 17.9. The molecule has 0 spiro atoms. The molecule has 0 aliphatic heterocycles. The Bertz CT molecular complexity index is 1220. The molecule has 0 fully saturated rings. The van der Waals surface area contributed by atoms with Crippen molar-refractivity contribution in [1.29, 1.82) is 0 Å². The topological polar surface area (TPSA) is 162 Å². The molecule has 0 radical (unpaired) electrons. The molecule has 2 amide bonds. The normalized spacial score (nSPS) is 11.0. The van der Waals surface area contributed by atoms with Gasteiger partial charge >= 0.3 is 0 Å². The van der Waals surface area contributed by atoms with E-state index in [2.05, 4.69) is 24.5 Å². The van der Waals surface area contributed by atoms with E-state index in [4.69, 9.17) is 11.2 Å². The minimum Gasteiger partial charge on any atom is -0.496 e. The molecule has 284 valence electrons. The summed E-state index contributed by atoms with van der Waals surface area (Å²) in [6.45, 7) is 19.6. The van der Waals surface area contributed by atoms with Gasteiger partial charge in [0.15, 0.2) is 0 Å². The van der Waals surface area contributed by atoms with Crippen molar-refractivity contribution >= 4 is 34.9 Å². The first-order valence-electron chi connectivity index (χ1n) is 17.9. The van der Waals surface area contributed by atoms with Crippen LogP contribution in [0.1, 0.15) is 144 Å². The summed E-state index contributed by atoms with van der Waals surface area (Å²) < 4.78 is 5.17. The highest BCUT2D eigenvalue weighted by Crippen LogP contribution is 2.34. The van der Waals surface area contributed by atoms with Crippen LogP contribution in [0.15, 0.2) is 12.1 Å². The summed E-state index contributed by atoms with van der Waals surface area (Å²) >= 11 is 0. The molecule has 1 rings (SSSR count). The number of carbonyl (C=O) groups is 5. The van der Waals surface area contributed by atoms with E-state index in [1.807, 2.05) is 33.6 Å². The number of amides is 2. The van der Waals surface area contributed by atoms with Crippen molar-refractivity contribution in [2.45, 2.75) is 139 Å². The number of terminal acetylenes is 1. The van der Waals surface area contributed by atoms with Gasteiger partial charge in [0.05, 0.1) is 12.0 Å². The molecule has 0 aliphatic carbocycles. The molecule has 11 heteroatoms. The van der Waals surface area contributed by atoms with Crippen LogP contribution in [0.5, 0.6) is 5.75 Å². The highest BCUT2D eigenvalue weighted by Gasteiger charge is 2.23. The van der Waals surface area contributed by atoms with Crippen molar-refractivity contribution in [1.82, 2.24) is 10.6 Å². The van der Waals surface area contributed by atoms with Gasteiger partial charge in [0, 0.05) is 56.3 Å². The summed E-state index contributed by atoms with van der Waals surface area (Å²) in [6.07, 6.45) is 13.0. The number of ether oxygens (including phenoxy) is 1. The molecular formula is C39H65N3O8. The van der Waals surface area contributed by atoms with Crippen molar-refractivity contribution in [3.8, 4) is 18.1 Å². The third-order valence-electron chi connectivity index (χ3n) is 7.54. The highest BCUT2D eigenvalue weighted by molar-refractivity contribution is 5.97. The molecule has 0 aromatic heterocycles. The maximum atomic E-state index is 11.4. The molecule has 0 heterocycles. The van der Waals surface area contributed by atoms with E-state index >= 15 is 0 Å². The third kappa shape index (κ3) is 25.0. The summed E-state index contributed by atoms with van der Waals surface area (Å²) in [6, 6.07) is 3.14. The van der Waals surface area contributed by atoms with Gasteiger partial charge in [-0.2, -0.15) is 0 Å². The van der Waals surface area contributed by atoms with Crippen molar-refractivity contribution in [3.63, 3.8) is 0 Å². The fraction of sp³-hybridized carbons (Fsp3) is 0.667. The van der Waals surface area contributed by atoms with Crippen LogP contribution in [0, 0.1) is 41.2 Å². The Hall–Kier alpha value is -4.07. The molecular weight excluding hydrogens is 638 g/mol. The Morgan fingerprint density at radius 2 is 1.40 bits per heavy atom. The molecule has 0 bridgehead atoms. The lowest BCUT2D eigenvalue weighted by Crippen LogP contribution is -2.34. The van der Waals surface area contributed by atoms with E-state index in [0.29, 0.717) is 42.8 Å². The molecule has 1 aromatic carbocycles. The molecule has 2 unspecified atom stereocenters. The van der Waals surface area contributed by atoms with Gasteiger partial charge in [0.2, 0.25) is 17.6 Å². The largest absolute Gasteiger partial charge is 0.496 e. The molecule has 50 heavy (non-hydrogen) atoms. The molecule has 0 aliphatic rings. The quantitative estimate of drug-likeness (QED) is 0.0456. The van der Waals surface area contributed by atoms with Gasteiger partial charge in [-0.05, 0) is 63.0 Å². The standard InChI is InChI=1S/C14H28N2O2.C13H17NO4.C10H14O2.C2H6/c1-3-5-7-8-10-14(18)16-12-11-15-13(17)9-6-4-2;1-8(5-10(3)15)11-7-13(18-4)9(2)6-12(11)14(16)17;1-5-9(12)6-10(7(2)3)8(4)11;1-2/h3-12H2,1-2H3,(H,15,17)(H,16,18);6-8H,5H2,1-4H3;1,7,10H,6H2,2-4H3;1-2H3. The summed E-state index contributed by atoms with van der Waals surface area (Å²) in [5.74, 6) is 2.31. The number of methoxy groups -OCH3 is 1. The predicted octanol–water partition coefficient (Wildman–Crippen LogP) is 7.84. The predicted molar refractivity (Wildman–Crippen MR) is 201 cm³/mol. The number of nitrogens with zero attached hydrogens (tertiary/aromatic N) is 1. The number of nitro benzene ring substituents is 1. The van der Waals surface area contributed by atoms with Crippen LogP contribution in [0.2, 0.25) is 0 Å². The van der Waals surface area contributed by atoms with Crippen LogP contribution in [0.25, 0.3) is 0 Å². The third-order valence-corrected chi connectivity index (χ3v) is 7.54. The van der Waals surface area contributed by atoms with Gasteiger partial charge in [-0.3, -0.25) is 29.3 Å². The second-order valence-corrected chi connectivity index (χ2v) is 12.3. The van der Waals surface area contributed by atoms with Crippen LogP contribution in [-0.4, -0.2) is 54.3 Å². The first-order chi connectivity index (χ1) is 23.5. The number of aryl methyl sites for hydroxylation is 1. The Morgan fingerprint density at radius 3 is 1.80 bits per heavy atom. The number of ketones is 3. The molecule has 2 atom stereocenters. The van der Waals surface area contributed by atoms with Crippen molar-refractivity contribution in [3.05, 3.63) is 33.4 Å². The minimum absolute atomic E-state index is 0.0105. The number of nitro groups is 1. The van der Waals surface area contributed by atoms with Gasteiger partial charge in [0.1, 0.15) is 17.3 Å². The smallest absolute Gasteiger partial charge is 0.273 e. The lowest BCUT2D eigenvalue weighted by atomic mass is 9.88. The lowest BCUT2D eigenvalue weighted by molar-refractivity contribution is -0.385. The Kier molecular flexibility index (Phi) is 31.1. The Morgan fingerprint density at radius 1 is 0.880 bits per heavy atom. The van der Waals surface area contributed by atoms with Gasteiger partial charge in [0.25, 0.3) is 5.69 Å². The van der Waals surface area contributed by atoms with E-state index in [9.17, 15) is 34.1 Å². The Balaban J connectivity index is -0.000000660. The zero-order chi connectivity index (χ0) is 39.2. The van der Waals surface area contributed by atoms with Gasteiger partial charge in [-0.1, -0.05) is 74.1 Å². The fourth-order valence-electron chi connectivity index (χ4n) is 4.74. The number of unbranched alkanes of at least 4 members (excludes halogenated alkanes) is 4. The summed E-state index contributed by atoms with van der Waals surface area (Å²) in [4.78, 5) is 66.3. The zero-order valence-electron chi connectivity index (χ0n) is 32.7. The zero-order valence-corrected chi connectivity index (χ0v) is 32.7. The second kappa shape index (κ2) is 30.9. The summed E-state index contributed by atoms with van der Waals surface area (Å²) in [5, 5.41) is 16.7. The number of rotatable bonds is 20. The van der Waals surface area contributed by atoms with Crippen LogP contribution in [-0.2, 0) is 24.0 Å². The van der Waals surface area contributed by atoms with Crippen LogP contribution >= 0.6 is 0 Å². The maximum Gasteiger partial charge on any atom is 0.273 e. The van der Waals surface area contributed by atoms with Crippen LogP contribution in [0.3, 0.4) is 0 Å². The molecule has 2 N–H and O–H groups in total. The van der Waals surface area contributed by atoms with Crippen LogP contribution in [0.4, 0.5) is 5.69 Å². The monoisotopic (exact) mass is 703 g/mol. The average molecular weight is 704 g/mol. The van der Waals surface area contributed by atoms with E-state index in [1.165, 1.54) is 39.9 Å². The molecule has 0 saturated heterocycles. The maximum absolute atomic E-state index is 11.4. The van der Waals surface area contributed by atoms with E-state index in [1.54, 1.807) is 19.9 Å². The fourth-order valence-corrected chi connectivity index (χ4v) is 4.74. The first kappa shape index (κ1) is 50.3. The van der Waals surface area contributed by atoms with Crippen LogP contribution < -0.4 is 15.4 Å². The average Bonchev–Trinajstić information content (AvgIpc) is 3.07. The molecule has 0 saturated carbocycles. The van der Waals surface area contributed by atoms with Crippen molar-refractivity contribution in [2.24, 2.45) is 11.8 Å². The second-order valence-electron chi connectivity index (χ2n) is 12.3. The van der Waals surface area contributed by atoms with E-state index in [0.717, 1.165) is 25.7 Å². The number of carbonyl (C=O) groups excluding carboxylic acids is 5. The lowest BCUT2D eigenvalue weighted by Gasteiger charge is -2.14. The number of nitrogens with one attached hydrogen (secondary N) is 2. The molecule has 1 aromatic rings. The van der Waals surface area contributed by atoms with E-state index < -0.39 is 4.92 Å². The Labute approximate surface area is 301 Å². The highest BCUT2D eigenvalue weighted by atomic mass is 16.6. The number of hydrogen-bond acceptors (Lipinski definition) is 8. The number of benzene rings is 1. The SMILES string of the molecule is C#CC(=O)CC(C(C)=O)C(C)C.CC.CCCCCCC(=O)NCCNC(=O)CCCC.COc1cc(C(C)CC(C)=O)c([N+](=O)[O-])cc1C. The summed E-state index contributed by atoms with van der Waals surface area (Å²) in [7, 11) is 1.52. The minimum atomic E-state index is -0.418. The van der Waals surface area contributed by atoms with Gasteiger partial charge < -0.3 is 20.2 Å². The summed E-state index contributed by atoms with van der Waals surface area (Å²) in [5.41, 5.74) is 1.29. The number of Topliss-reactive ketones (excluding diaryl/α,β-unsaturated/α-hetero) is 3.